The van der Waals surface area contributed by atoms with Gasteiger partial charge in [-0.1, -0.05) is 36.8 Å². The van der Waals surface area contributed by atoms with E-state index >= 15 is 0 Å². The highest BCUT2D eigenvalue weighted by Crippen LogP contribution is 2.35. The van der Waals surface area contributed by atoms with Crippen molar-refractivity contribution in [2.75, 3.05) is 6.61 Å². The molecule has 0 N–H and O–H groups in total. The first kappa shape index (κ1) is 14.8. The third kappa shape index (κ3) is 3.69. The van der Waals surface area contributed by atoms with E-state index in [1.165, 1.54) is 0 Å². The van der Waals surface area contributed by atoms with E-state index in [0.29, 0.717) is 25.2 Å². The zero-order valence-electron chi connectivity index (χ0n) is 12.0. The van der Waals surface area contributed by atoms with Crippen LogP contribution in [0.25, 0.3) is 0 Å². The van der Waals surface area contributed by atoms with E-state index in [9.17, 15) is 9.59 Å². The molecule has 1 aliphatic carbocycles. The molecule has 1 aromatic carbocycles. The van der Waals surface area contributed by atoms with Gasteiger partial charge in [0.25, 0.3) is 0 Å². The number of carbonyl (C=O) groups is 2. The predicted octanol–water partition coefficient (Wildman–Crippen LogP) is 3.48. The molecule has 0 amide bonds. The van der Waals surface area contributed by atoms with Gasteiger partial charge in [0.1, 0.15) is 5.78 Å². The molecule has 0 aliphatic heterocycles. The molecule has 2 rings (SSSR count). The van der Waals surface area contributed by atoms with Gasteiger partial charge in [0.15, 0.2) is 0 Å². The largest absolute Gasteiger partial charge is 0.466 e. The van der Waals surface area contributed by atoms with Gasteiger partial charge in [0.2, 0.25) is 0 Å². The van der Waals surface area contributed by atoms with Gasteiger partial charge in [-0.3, -0.25) is 9.59 Å². The Labute approximate surface area is 120 Å². The maximum Gasteiger partial charge on any atom is 0.305 e. The molecule has 2 unspecified atom stereocenters. The van der Waals surface area contributed by atoms with Crippen LogP contribution in [-0.4, -0.2) is 18.4 Å². The van der Waals surface area contributed by atoms with Crippen LogP contribution in [0, 0.1) is 5.92 Å². The van der Waals surface area contributed by atoms with Crippen LogP contribution in [-0.2, 0) is 14.3 Å². The fourth-order valence-electron chi connectivity index (χ4n) is 2.97. The van der Waals surface area contributed by atoms with E-state index in [-0.39, 0.29) is 17.8 Å². The van der Waals surface area contributed by atoms with Gasteiger partial charge in [0.05, 0.1) is 6.61 Å². The summed E-state index contributed by atoms with van der Waals surface area (Å²) in [6, 6.07) is 9.97. The molecule has 0 aromatic heterocycles. The van der Waals surface area contributed by atoms with Crippen molar-refractivity contribution in [3.05, 3.63) is 35.9 Å². The number of hydrogen-bond donors (Lipinski definition) is 0. The normalized spacial score (nSPS) is 22.6. The number of carbonyl (C=O) groups excluding carboxylic acids is 2. The number of esters is 1. The third-order valence-corrected chi connectivity index (χ3v) is 4.00. The quantitative estimate of drug-likeness (QED) is 0.772. The molecule has 1 aromatic rings. The van der Waals surface area contributed by atoms with Crippen LogP contribution < -0.4 is 0 Å². The summed E-state index contributed by atoms with van der Waals surface area (Å²) in [5, 5.41) is 0. The maximum absolute atomic E-state index is 12.5. The van der Waals surface area contributed by atoms with Crippen LogP contribution >= 0.6 is 0 Å². The second-order valence-corrected chi connectivity index (χ2v) is 5.34. The SMILES string of the molecule is CCOC(=O)CCC1CCCC(c2ccccc2)C1=O. The number of ether oxygens (including phenoxy) is 1. The van der Waals surface area contributed by atoms with Crippen molar-refractivity contribution in [2.45, 2.75) is 44.9 Å². The van der Waals surface area contributed by atoms with E-state index in [2.05, 4.69) is 0 Å². The smallest absolute Gasteiger partial charge is 0.305 e. The van der Waals surface area contributed by atoms with E-state index in [1.807, 2.05) is 30.3 Å². The second-order valence-electron chi connectivity index (χ2n) is 5.34. The Hall–Kier alpha value is -1.64. The molecule has 0 saturated heterocycles. The van der Waals surface area contributed by atoms with Crippen LogP contribution in [0.5, 0.6) is 0 Å². The van der Waals surface area contributed by atoms with Crippen LogP contribution in [0.2, 0.25) is 0 Å². The molecular weight excluding hydrogens is 252 g/mol. The van der Waals surface area contributed by atoms with Crippen LogP contribution in [0.3, 0.4) is 0 Å². The average molecular weight is 274 g/mol. The fraction of sp³-hybridized carbons (Fsp3) is 0.529. The lowest BCUT2D eigenvalue weighted by molar-refractivity contribution is -0.143. The molecule has 3 nitrogen and oxygen atoms in total. The Balaban J connectivity index is 1.95. The highest BCUT2D eigenvalue weighted by molar-refractivity contribution is 5.88. The first-order valence-corrected chi connectivity index (χ1v) is 7.46. The van der Waals surface area contributed by atoms with Crippen molar-refractivity contribution in [2.24, 2.45) is 5.92 Å². The number of Topliss-reactive ketones (excluding diaryl/α,β-unsaturated/α-hetero) is 1. The minimum Gasteiger partial charge on any atom is -0.466 e. The molecule has 1 fully saturated rings. The van der Waals surface area contributed by atoms with E-state index in [0.717, 1.165) is 24.8 Å². The van der Waals surface area contributed by atoms with E-state index in [4.69, 9.17) is 4.74 Å². The average Bonchev–Trinajstić information content (AvgIpc) is 2.47. The van der Waals surface area contributed by atoms with Gasteiger partial charge in [0, 0.05) is 18.3 Å². The highest BCUT2D eigenvalue weighted by atomic mass is 16.5. The van der Waals surface area contributed by atoms with Crippen molar-refractivity contribution in [1.82, 2.24) is 0 Å². The Bertz CT molecular complexity index is 453. The number of benzene rings is 1. The van der Waals surface area contributed by atoms with Gasteiger partial charge in [-0.05, 0) is 31.7 Å². The maximum atomic E-state index is 12.5. The third-order valence-electron chi connectivity index (χ3n) is 4.00. The van der Waals surface area contributed by atoms with Gasteiger partial charge in [-0.25, -0.2) is 0 Å². The Kier molecular flexibility index (Phi) is 5.33. The van der Waals surface area contributed by atoms with Crippen molar-refractivity contribution in [3.8, 4) is 0 Å². The molecule has 20 heavy (non-hydrogen) atoms. The summed E-state index contributed by atoms with van der Waals surface area (Å²) in [5.41, 5.74) is 1.11. The van der Waals surface area contributed by atoms with Crippen molar-refractivity contribution in [3.63, 3.8) is 0 Å². The van der Waals surface area contributed by atoms with Crippen molar-refractivity contribution >= 4 is 11.8 Å². The topological polar surface area (TPSA) is 43.4 Å². The minimum atomic E-state index is -0.192. The van der Waals surface area contributed by atoms with Gasteiger partial charge in [-0.2, -0.15) is 0 Å². The first-order valence-electron chi connectivity index (χ1n) is 7.46. The summed E-state index contributed by atoms with van der Waals surface area (Å²) in [4.78, 5) is 24.0. The Morgan fingerprint density at radius 3 is 2.70 bits per heavy atom. The van der Waals surface area contributed by atoms with Crippen molar-refractivity contribution in [1.29, 1.82) is 0 Å². The fourth-order valence-corrected chi connectivity index (χ4v) is 2.97. The van der Waals surface area contributed by atoms with Crippen LogP contribution in [0.4, 0.5) is 0 Å². The monoisotopic (exact) mass is 274 g/mol. The molecule has 3 heteroatoms. The molecule has 1 saturated carbocycles. The van der Waals surface area contributed by atoms with Gasteiger partial charge in [-0.15, -0.1) is 0 Å². The van der Waals surface area contributed by atoms with Crippen LogP contribution in [0.15, 0.2) is 30.3 Å². The predicted molar refractivity (Wildman–Crippen MR) is 77.4 cm³/mol. The lowest BCUT2D eigenvalue weighted by atomic mass is 9.75. The number of rotatable bonds is 5. The molecule has 108 valence electrons. The lowest BCUT2D eigenvalue weighted by Gasteiger charge is -2.28. The molecule has 1 aliphatic rings. The Morgan fingerprint density at radius 1 is 1.25 bits per heavy atom. The molecule has 0 radical (unpaired) electrons. The van der Waals surface area contributed by atoms with Gasteiger partial charge >= 0.3 is 5.97 Å². The summed E-state index contributed by atoms with van der Waals surface area (Å²) in [5.74, 6) is 0.129. The Morgan fingerprint density at radius 2 is 2.00 bits per heavy atom. The van der Waals surface area contributed by atoms with Crippen LogP contribution in [0.1, 0.15) is 50.5 Å². The molecular formula is C17H22O3. The second kappa shape index (κ2) is 7.22. The molecule has 2 atom stereocenters. The summed E-state index contributed by atoms with van der Waals surface area (Å²) in [7, 11) is 0. The molecule has 0 bridgehead atoms. The van der Waals surface area contributed by atoms with E-state index < -0.39 is 0 Å². The van der Waals surface area contributed by atoms with Gasteiger partial charge < -0.3 is 4.74 Å². The summed E-state index contributed by atoms with van der Waals surface area (Å²) in [6.07, 6.45) is 3.87. The highest BCUT2D eigenvalue weighted by Gasteiger charge is 2.32. The lowest BCUT2D eigenvalue weighted by Crippen LogP contribution is -2.27. The standard InChI is InChI=1S/C17H22O3/c1-2-20-16(18)12-11-14-9-6-10-15(17(14)19)13-7-4-3-5-8-13/h3-5,7-8,14-15H,2,6,9-12H2,1H3. The molecule has 0 heterocycles. The van der Waals surface area contributed by atoms with Crippen molar-refractivity contribution < 1.29 is 14.3 Å². The number of ketones is 1. The minimum absolute atomic E-state index is 0.0112. The van der Waals surface area contributed by atoms with E-state index in [1.54, 1.807) is 6.92 Å². The first-order chi connectivity index (χ1) is 9.72. The summed E-state index contributed by atoms with van der Waals surface area (Å²) in [6.45, 7) is 2.21. The summed E-state index contributed by atoms with van der Waals surface area (Å²) >= 11 is 0. The number of hydrogen-bond acceptors (Lipinski definition) is 3. The summed E-state index contributed by atoms with van der Waals surface area (Å²) < 4.78 is 4.93. The molecule has 0 spiro atoms. The zero-order valence-corrected chi connectivity index (χ0v) is 12.0. The zero-order chi connectivity index (χ0) is 14.4.